The summed E-state index contributed by atoms with van der Waals surface area (Å²) in [4.78, 5) is 17.4. The number of benzene rings is 2. The number of rotatable bonds is 8. The number of fused-ring (bicyclic) bond motifs is 1. The van der Waals surface area contributed by atoms with Crippen LogP contribution in [0.2, 0.25) is 5.15 Å². The molecule has 7 nitrogen and oxygen atoms in total. The third-order valence-corrected chi connectivity index (χ3v) is 7.22. The minimum atomic E-state index is -3.67. The van der Waals surface area contributed by atoms with Crippen molar-refractivity contribution in [3.63, 3.8) is 0 Å². The summed E-state index contributed by atoms with van der Waals surface area (Å²) in [7, 11) is -2.18. The fourth-order valence-corrected chi connectivity index (χ4v) is 4.63. The normalized spacial score (nSPS) is 11.4. The maximum atomic E-state index is 13.5. The van der Waals surface area contributed by atoms with E-state index in [9.17, 15) is 17.6 Å². The number of nitrogens with one attached hydrogen (secondary N) is 2. The van der Waals surface area contributed by atoms with Crippen molar-refractivity contribution in [3.05, 3.63) is 83.3 Å². The predicted molar refractivity (Wildman–Crippen MR) is 140 cm³/mol. The minimum absolute atomic E-state index is 0.153. The van der Waals surface area contributed by atoms with Crippen LogP contribution in [0.25, 0.3) is 33.6 Å². The van der Waals surface area contributed by atoms with Gasteiger partial charge < -0.3 is 9.73 Å². The third-order valence-electron chi connectivity index (χ3n) is 5.60. The molecule has 4 rings (SSSR count). The Kier molecular flexibility index (Phi) is 7.14. The smallest absolute Gasteiger partial charge is 0.255 e. The van der Waals surface area contributed by atoms with Gasteiger partial charge in [0.1, 0.15) is 22.3 Å². The third kappa shape index (κ3) is 4.98. The summed E-state index contributed by atoms with van der Waals surface area (Å²) in [5.74, 6) is -0.788. The zero-order valence-electron chi connectivity index (χ0n) is 19.6. The molecule has 0 saturated heterocycles. The van der Waals surface area contributed by atoms with E-state index < -0.39 is 21.7 Å². The molecule has 2 aromatic heterocycles. The summed E-state index contributed by atoms with van der Waals surface area (Å²) in [6.45, 7) is 5.23. The molecule has 0 radical (unpaired) electrons. The number of sulfonamides is 1. The number of nitrogens with zero attached hydrogens (tertiary/aromatic N) is 1. The zero-order valence-corrected chi connectivity index (χ0v) is 21.1. The van der Waals surface area contributed by atoms with Crippen LogP contribution < -0.4 is 10.0 Å². The number of hydrogen-bond acceptors (Lipinski definition) is 5. The second-order valence-electron chi connectivity index (χ2n) is 7.93. The Morgan fingerprint density at radius 3 is 2.53 bits per heavy atom. The predicted octanol–water partition coefficient (Wildman–Crippen LogP) is 5.80. The summed E-state index contributed by atoms with van der Waals surface area (Å²) in [5, 5.41) is 3.28. The summed E-state index contributed by atoms with van der Waals surface area (Å²) in [6.07, 6.45) is 2.22. The second kappa shape index (κ2) is 10.1. The molecule has 0 aliphatic carbocycles. The van der Waals surface area contributed by atoms with Crippen molar-refractivity contribution < 1.29 is 22.0 Å². The molecule has 0 aliphatic rings. The van der Waals surface area contributed by atoms with Crippen LogP contribution in [0.15, 0.2) is 65.6 Å². The van der Waals surface area contributed by atoms with Gasteiger partial charge in [-0.3, -0.25) is 9.52 Å². The molecule has 0 fully saturated rings. The van der Waals surface area contributed by atoms with Gasteiger partial charge >= 0.3 is 0 Å². The van der Waals surface area contributed by atoms with Crippen molar-refractivity contribution in [2.24, 2.45) is 0 Å². The van der Waals surface area contributed by atoms with E-state index in [1.807, 2.05) is 0 Å². The van der Waals surface area contributed by atoms with Crippen molar-refractivity contribution in [3.8, 4) is 22.6 Å². The number of amides is 1. The van der Waals surface area contributed by atoms with Gasteiger partial charge in [0, 0.05) is 29.6 Å². The van der Waals surface area contributed by atoms with Gasteiger partial charge in [0.15, 0.2) is 0 Å². The van der Waals surface area contributed by atoms with Gasteiger partial charge in [-0.25, -0.2) is 17.8 Å². The largest absolute Gasteiger partial charge is 0.455 e. The van der Waals surface area contributed by atoms with Crippen LogP contribution in [0.5, 0.6) is 0 Å². The first-order chi connectivity index (χ1) is 17.2. The second-order valence-corrected chi connectivity index (χ2v) is 10.3. The number of carbonyl (C=O) groups is 1. The molecular formula is C26H23ClFN3O4S. The molecule has 0 unspecified atom stereocenters. The number of anilines is 1. The number of aromatic nitrogens is 1. The summed E-state index contributed by atoms with van der Waals surface area (Å²) >= 11 is 6.38. The van der Waals surface area contributed by atoms with E-state index in [4.69, 9.17) is 16.0 Å². The van der Waals surface area contributed by atoms with Gasteiger partial charge in [-0.05, 0) is 55.3 Å². The van der Waals surface area contributed by atoms with E-state index in [2.05, 4.69) is 21.6 Å². The number of furan rings is 1. The highest BCUT2D eigenvalue weighted by molar-refractivity contribution is 7.92. The summed E-state index contributed by atoms with van der Waals surface area (Å²) in [5.41, 5.74) is 2.75. The van der Waals surface area contributed by atoms with Crippen molar-refractivity contribution in [2.75, 3.05) is 17.5 Å². The average Bonchev–Trinajstić information content (AvgIpc) is 3.23. The monoisotopic (exact) mass is 527 g/mol. The van der Waals surface area contributed by atoms with E-state index >= 15 is 0 Å². The molecule has 36 heavy (non-hydrogen) atoms. The Morgan fingerprint density at radius 2 is 1.92 bits per heavy atom. The van der Waals surface area contributed by atoms with E-state index in [1.54, 1.807) is 24.3 Å². The van der Waals surface area contributed by atoms with E-state index in [0.29, 0.717) is 28.6 Å². The van der Waals surface area contributed by atoms with Gasteiger partial charge in [0.25, 0.3) is 5.91 Å². The first kappa shape index (κ1) is 25.4. The van der Waals surface area contributed by atoms with Crippen LogP contribution in [-0.2, 0) is 16.4 Å². The summed E-state index contributed by atoms with van der Waals surface area (Å²) < 4.78 is 47.1. The van der Waals surface area contributed by atoms with E-state index in [0.717, 1.165) is 5.56 Å². The van der Waals surface area contributed by atoms with Crippen LogP contribution >= 0.6 is 11.6 Å². The standard InChI is InChI=1S/C26H23ClFN3O4S/c1-4-6-16-9-12-20(30-25(16)27)18-13-19-22(14-21(18)31-36(33,34)5-2)35-24(23(19)26(32)29-3)15-7-10-17(28)11-8-15/h4,7-14,31H,1,5-6H2,2-3H3,(H,29,32). The maximum absolute atomic E-state index is 13.5. The Bertz CT molecular complexity index is 1580. The van der Waals surface area contributed by atoms with Crippen LogP contribution in [0.1, 0.15) is 22.8 Å². The van der Waals surface area contributed by atoms with E-state index in [-0.39, 0.29) is 33.5 Å². The summed E-state index contributed by atoms with van der Waals surface area (Å²) in [6, 6.07) is 12.2. The van der Waals surface area contributed by atoms with Crippen molar-refractivity contribution in [1.29, 1.82) is 0 Å². The van der Waals surface area contributed by atoms with Crippen LogP contribution in [0, 0.1) is 5.82 Å². The first-order valence-corrected chi connectivity index (χ1v) is 13.1. The number of allylic oxidation sites excluding steroid dienone is 1. The van der Waals surface area contributed by atoms with Crippen LogP contribution in [0.3, 0.4) is 0 Å². The highest BCUT2D eigenvalue weighted by Gasteiger charge is 2.25. The van der Waals surface area contributed by atoms with Gasteiger partial charge in [0.05, 0.1) is 22.7 Å². The number of halogens is 2. The molecule has 0 bridgehead atoms. The molecule has 2 heterocycles. The molecule has 2 N–H and O–H groups in total. The molecule has 0 saturated carbocycles. The number of pyridine rings is 1. The Hall–Kier alpha value is -3.69. The Labute approximate surface area is 213 Å². The lowest BCUT2D eigenvalue weighted by Gasteiger charge is -2.13. The van der Waals surface area contributed by atoms with Crippen LogP contribution in [-0.4, -0.2) is 32.1 Å². The fourth-order valence-electron chi connectivity index (χ4n) is 3.75. The van der Waals surface area contributed by atoms with Gasteiger partial charge in [-0.15, -0.1) is 6.58 Å². The Balaban J connectivity index is 2.02. The molecule has 186 valence electrons. The quantitative estimate of drug-likeness (QED) is 0.222. The molecule has 0 aliphatic heterocycles. The Morgan fingerprint density at radius 1 is 1.19 bits per heavy atom. The van der Waals surface area contributed by atoms with Gasteiger partial charge in [0.2, 0.25) is 10.0 Å². The lowest BCUT2D eigenvalue weighted by atomic mass is 10.0. The molecule has 4 aromatic rings. The van der Waals surface area contributed by atoms with Gasteiger partial charge in [-0.1, -0.05) is 23.7 Å². The van der Waals surface area contributed by atoms with Crippen molar-refractivity contribution in [1.82, 2.24) is 10.3 Å². The lowest BCUT2D eigenvalue weighted by molar-refractivity contribution is 0.0964. The molecule has 0 atom stereocenters. The van der Waals surface area contributed by atoms with Crippen molar-refractivity contribution >= 4 is 44.2 Å². The topological polar surface area (TPSA) is 101 Å². The van der Waals surface area contributed by atoms with Crippen molar-refractivity contribution in [2.45, 2.75) is 13.3 Å². The SMILES string of the molecule is C=CCc1ccc(-c2cc3c(C(=O)NC)c(-c4ccc(F)cc4)oc3cc2NS(=O)(=O)CC)nc1Cl. The minimum Gasteiger partial charge on any atom is -0.455 e. The van der Waals surface area contributed by atoms with Gasteiger partial charge in [-0.2, -0.15) is 0 Å². The zero-order chi connectivity index (χ0) is 26.0. The molecule has 1 amide bonds. The number of hydrogen-bond donors (Lipinski definition) is 2. The fraction of sp³-hybridized carbons (Fsp3) is 0.154. The molecular weight excluding hydrogens is 505 g/mol. The lowest BCUT2D eigenvalue weighted by Crippen LogP contribution is -2.18. The molecule has 10 heteroatoms. The van der Waals surface area contributed by atoms with E-state index in [1.165, 1.54) is 44.3 Å². The maximum Gasteiger partial charge on any atom is 0.255 e. The average molecular weight is 528 g/mol. The number of carbonyl (C=O) groups excluding carboxylic acids is 1. The highest BCUT2D eigenvalue weighted by atomic mass is 35.5. The highest BCUT2D eigenvalue weighted by Crippen LogP contribution is 2.40. The molecule has 2 aromatic carbocycles. The van der Waals surface area contributed by atoms with Crippen LogP contribution in [0.4, 0.5) is 10.1 Å². The first-order valence-electron chi connectivity index (χ1n) is 11.0. The molecule has 0 spiro atoms.